The van der Waals surface area contributed by atoms with Crippen molar-refractivity contribution in [2.45, 2.75) is 0 Å². The van der Waals surface area contributed by atoms with Crippen LogP contribution in [0.3, 0.4) is 0 Å². The van der Waals surface area contributed by atoms with E-state index in [4.69, 9.17) is 4.74 Å². The Morgan fingerprint density at radius 1 is 0.963 bits per heavy atom. The SMILES string of the molecule is Cn1c(Nc2cc(NCCOc3ccccc3)ncn2)nc2ccccc21. The number of nitrogens with zero attached hydrogens (tertiary/aromatic N) is 4. The third kappa shape index (κ3) is 3.98. The Morgan fingerprint density at radius 2 is 1.74 bits per heavy atom. The van der Waals surface area contributed by atoms with Gasteiger partial charge in [-0.25, -0.2) is 15.0 Å². The zero-order valence-corrected chi connectivity index (χ0v) is 15.0. The van der Waals surface area contributed by atoms with Crippen molar-refractivity contribution in [2.24, 2.45) is 7.05 Å². The van der Waals surface area contributed by atoms with E-state index in [2.05, 4.69) is 25.6 Å². The van der Waals surface area contributed by atoms with E-state index in [0.29, 0.717) is 19.0 Å². The molecule has 0 fully saturated rings. The van der Waals surface area contributed by atoms with Crippen LogP contribution in [-0.4, -0.2) is 32.7 Å². The number of hydrogen-bond donors (Lipinski definition) is 2. The first-order valence-corrected chi connectivity index (χ1v) is 8.72. The highest BCUT2D eigenvalue weighted by molar-refractivity contribution is 5.79. The van der Waals surface area contributed by atoms with Crippen LogP contribution in [0.2, 0.25) is 0 Å². The smallest absolute Gasteiger partial charge is 0.209 e. The average molecular weight is 360 g/mol. The first kappa shape index (κ1) is 16.8. The van der Waals surface area contributed by atoms with Crippen LogP contribution in [0.1, 0.15) is 0 Å². The zero-order valence-electron chi connectivity index (χ0n) is 15.0. The molecule has 0 atom stereocenters. The molecule has 0 amide bonds. The van der Waals surface area contributed by atoms with Gasteiger partial charge in [-0.2, -0.15) is 0 Å². The molecule has 136 valence electrons. The molecular formula is C20H20N6O. The topological polar surface area (TPSA) is 76.9 Å². The lowest BCUT2D eigenvalue weighted by molar-refractivity contribution is 0.333. The largest absolute Gasteiger partial charge is 0.492 e. The second-order valence-electron chi connectivity index (χ2n) is 5.98. The minimum atomic E-state index is 0.543. The van der Waals surface area contributed by atoms with Crippen molar-refractivity contribution in [2.75, 3.05) is 23.8 Å². The summed E-state index contributed by atoms with van der Waals surface area (Å²) in [4.78, 5) is 13.1. The molecule has 0 unspecified atom stereocenters. The number of anilines is 3. The third-order valence-electron chi connectivity index (χ3n) is 4.11. The lowest BCUT2D eigenvalue weighted by atomic mass is 10.3. The van der Waals surface area contributed by atoms with Gasteiger partial charge in [0.2, 0.25) is 5.95 Å². The molecule has 0 saturated carbocycles. The van der Waals surface area contributed by atoms with Crippen LogP contribution in [0.5, 0.6) is 5.75 Å². The summed E-state index contributed by atoms with van der Waals surface area (Å²) in [6, 6.07) is 19.6. The highest BCUT2D eigenvalue weighted by Gasteiger charge is 2.08. The number of hydrogen-bond acceptors (Lipinski definition) is 6. The monoisotopic (exact) mass is 360 g/mol. The molecule has 4 rings (SSSR count). The highest BCUT2D eigenvalue weighted by Crippen LogP contribution is 2.21. The van der Waals surface area contributed by atoms with Gasteiger partial charge in [0, 0.05) is 13.1 Å². The maximum Gasteiger partial charge on any atom is 0.209 e. The molecule has 0 aliphatic rings. The first-order valence-electron chi connectivity index (χ1n) is 8.72. The van der Waals surface area contributed by atoms with Crippen molar-refractivity contribution < 1.29 is 4.74 Å². The zero-order chi connectivity index (χ0) is 18.5. The summed E-state index contributed by atoms with van der Waals surface area (Å²) < 4.78 is 7.67. The van der Waals surface area contributed by atoms with Gasteiger partial charge in [-0.05, 0) is 24.3 Å². The second-order valence-corrected chi connectivity index (χ2v) is 5.98. The van der Waals surface area contributed by atoms with Crippen molar-refractivity contribution in [3.63, 3.8) is 0 Å². The van der Waals surface area contributed by atoms with Crippen LogP contribution >= 0.6 is 0 Å². The van der Waals surface area contributed by atoms with Gasteiger partial charge >= 0.3 is 0 Å². The number of benzene rings is 2. The fourth-order valence-corrected chi connectivity index (χ4v) is 2.76. The predicted octanol–water partition coefficient (Wildman–Crippen LogP) is 3.60. The normalized spacial score (nSPS) is 10.7. The number of nitrogens with one attached hydrogen (secondary N) is 2. The van der Waals surface area contributed by atoms with Gasteiger partial charge < -0.3 is 19.9 Å². The van der Waals surface area contributed by atoms with Crippen LogP contribution in [0.4, 0.5) is 17.6 Å². The molecule has 0 saturated heterocycles. The highest BCUT2D eigenvalue weighted by atomic mass is 16.5. The van der Waals surface area contributed by atoms with Crippen molar-refractivity contribution >= 4 is 28.6 Å². The second kappa shape index (κ2) is 7.74. The summed E-state index contributed by atoms with van der Waals surface area (Å²) in [5, 5.41) is 6.49. The molecule has 0 bridgehead atoms. The number of fused-ring (bicyclic) bond motifs is 1. The van der Waals surface area contributed by atoms with Crippen molar-refractivity contribution in [3.05, 3.63) is 67.0 Å². The summed E-state index contributed by atoms with van der Waals surface area (Å²) in [6.07, 6.45) is 1.52. The van der Waals surface area contributed by atoms with E-state index in [-0.39, 0.29) is 0 Å². The molecule has 0 spiro atoms. The molecule has 0 radical (unpaired) electrons. The van der Waals surface area contributed by atoms with Crippen LogP contribution in [0.15, 0.2) is 67.0 Å². The minimum absolute atomic E-state index is 0.543. The van der Waals surface area contributed by atoms with Gasteiger partial charge in [-0.3, -0.25) is 0 Å². The molecule has 2 aromatic carbocycles. The summed E-state index contributed by atoms with van der Waals surface area (Å²) >= 11 is 0. The Bertz CT molecular complexity index is 1030. The van der Waals surface area contributed by atoms with Crippen LogP contribution in [0.25, 0.3) is 11.0 Å². The number of aryl methyl sites for hydroxylation is 1. The van der Waals surface area contributed by atoms with E-state index in [1.165, 1.54) is 6.33 Å². The van der Waals surface area contributed by atoms with Crippen molar-refractivity contribution in [3.8, 4) is 5.75 Å². The number of aromatic nitrogens is 4. The molecule has 2 N–H and O–H groups in total. The molecule has 0 aliphatic heterocycles. The van der Waals surface area contributed by atoms with Crippen LogP contribution in [-0.2, 0) is 7.05 Å². The average Bonchev–Trinajstić information content (AvgIpc) is 3.02. The van der Waals surface area contributed by atoms with Gasteiger partial charge in [-0.1, -0.05) is 30.3 Å². The van der Waals surface area contributed by atoms with Gasteiger partial charge in [0.1, 0.15) is 30.3 Å². The van der Waals surface area contributed by atoms with E-state index in [1.54, 1.807) is 0 Å². The number of para-hydroxylation sites is 3. The fraction of sp³-hybridized carbons (Fsp3) is 0.150. The summed E-state index contributed by atoms with van der Waals surface area (Å²) in [6.45, 7) is 1.18. The number of imidazole rings is 1. The molecule has 27 heavy (non-hydrogen) atoms. The maximum absolute atomic E-state index is 5.67. The Hall–Kier alpha value is -3.61. The quantitative estimate of drug-likeness (QED) is 0.491. The van der Waals surface area contributed by atoms with E-state index in [1.807, 2.05) is 72.3 Å². The van der Waals surface area contributed by atoms with E-state index >= 15 is 0 Å². The van der Waals surface area contributed by atoms with E-state index in [9.17, 15) is 0 Å². The summed E-state index contributed by atoms with van der Waals surface area (Å²) in [7, 11) is 1.97. The summed E-state index contributed by atoms with van der Waals surface area (Å²) in [5.41, 5.74) is 2.00. The molecule has 2 heterocycles. The Kier molecular flexibility index (Phi) is 4.82. The summed E-state index contributed by atoms with van der Waals surface area (Å²) in [5.74, 6) is 2.98. The molecule has 4 aromatic rings. The minimum Gasteiger partial charge on any atom is -0.492 e. The molecule has 7 nitrogen and oxygen atoms in total. The third-order valence-corrected chi connectivity index (χ3v) is 4.11. The fourth-order valence-electron chi connectivity index (χ4n) is 2.76. The maximum atomic E-state index is 5.67. The van der Waals surface area contributed by atoms with E-state index < -0.39 is 0 Å². The molecular weight excluding hydrogens is 340 g/mol. The van der Waals surface area contributed by atoms with Crippen LogP contribution in [0, 0.1) is 0 Å². The van der Waals surface area contributed by atoms with Crippen molar-refractivity contribution in [1.82, 2.24) is 19.5 Å². The first-order chi connectivity index (χ1) is 13.3. The predicted molar refractivity (Wildman–Crippen MR) is 106 cm³/mol. The number of rotatable bonds is 7. The van der Waals surface area contributed by atoms with Gasteiger partial charge in [-0.15, -0.1) is 0 Å². The Morgan fingerprint density at radius 3 is 2.59 bits per heavy atom. The molecule has 0 aliphatic carbocycles. The van der Waals surface area contributed by atoms with E-state index in [0.717, 1.165) is 28.5 Å². The Labute approximate surface area is 157 Å². The van der Waals surface area contributed by atoms with Crippen LogP contribution < -0.4 is 15.4 Å². The van der Waals surface area contributed by atoms with Gasteiger partial charge in [0.15, 0.2) is 0 Å². The van der Waals surface area contributed by atoms with Gasteiger partial charge in [0.05, 0.1) is 17.6 Å². The molecule has 7 heteroatoms. The van der Waals surface area contributed by atoms with Crippen molar-refractivity contribution in [1.29, 1.82) is 0 Å². The van der Waals surface area contributed by atoms with Gasteiger partial charge in [0.25, 0.3) is 0 Å². The number of ether oxygens (including phenoxy) is 1. The lowest BCUT2D eigenvalue weighted by Gasteiger charge is -2.09. The lowest BCUT2D eigenvalue weighted by Crippen LogP contribution is -2.12. The standard InChI is InChI=1S/C20H20N6O/c1-26-17-10-6-5-9-16(17)24-20(26)25-19-13-18(22-14-23-19)21-11-12-27-15-7-3-2-4-8-15/h2-10,13-14H,11-12H2,1H3,(H2,21,22,23,24,25). The Balaban J connectivity index is 1.38. The molecule has 2 aromatic heterocycles.